The molecule has 32 heavy (non-hydrogen) atoms. The number of likely N-dealkylation sites (N-methyl/N-ethyl adjacent to an activating group) is 1. The number of benzene rings is 2. The number of nitrogens with one attached hydrogen (secondary N) is 1. The molecule has 0 bridgehead atoms. The van der Waals surface area contributed by atoms with E-state index >= 15 is 0 Å². The van der Waals surface area contributed by atoms with Gasteiger partial charge in [-0.25, -0.2) is 0 Å². The molecular weight excluding hydrogens is 481 g/mol. The predicted molar refractivity (Wildman–Crippen MR) is 109 cm³/mol. The topological polar surface area (TPSA) is 32.3 Å². The lowest BCUT2D eigenvalue weighted by atomic mass is 9.85. The molecule has 1 N–H and O–H groups in total. The predicted octanol–water partition coefficient (Wildman–Crippen LogP) is 6.25. The van der Waals surface area contributed by atoms with E-state index in [1.165, 1.54) is 11.9 Å². The number of halogens is 8. The van der Waals surface area contributed by atoms with E-state index in [4.69, 9.17) is 23.2 Å². The molecule has 0 radical (unpaired) electrons. The van der Waals surface area contributed by atoms with Crippen molar-refractivity contribution in [2.24, 2.45) is 0 Å². The third-order valence-corrected chi connectivity index (χ3v) is 6.21. The Balaban J connectivity index is 1.97. The van der Waals surface area contributed by atoms with Gasteiger partial charge in [-0.3, -0.25) is 4.79 Å². The van der Waals surface area contributed by atoms with Gasteiger partial charge in [0.15, 0.2) is 0 Å². The molecule has 1 fully saturated rings. The highest BCUT2D eigenvalue weighted by atomic mass is 35.5. The summed E-state index contributed by atoms with van der Waals surface area (Å²) in [4.78, 5) is 14.2. The number of amides is 1. The number of hydrogen-bond acceptors (Lipinski definition) is 2. The molecular formula is C21H18Cl2F6N2O. The van der Waals surface area contributed by atoms with Crippen LogP contribution in [0.25, 0.3) is 0 Å². The maximum atomic E-state index is 13.2. The molecule has 1 aliphatic rings. The normalized spacial score (nSPS) is 19.7. The van der Waals surface area contributed by atoms with Crippen LogP contribution in [0.4, 0.5) is 26.3 Å². The number of hydrogen-bond donors (Lipinski definition) is 1. The first-order valence-corrected chi connectivity index (χ1v) is 10.3. The first-order chi connectivity index (χ1) is 14.8. The summed E-state index contributed by atoms with van der Waals surface area (Å²) in [5.74, 6) is -1.22. The molecule has 0 aromatic heterocycles. The van der Waals surface area contributed by atoms with Gasteiger partial charge in [0, 0.05) is 31.1 Å². The molecule has 1 heterocycles. The molecule has 0 unspecified atom stereocenters. The number of rotatable bonds is 3. The highest BCUT2D eigenvalue weighted by Crippen LogP contribution is 2.37. The molecule has 1 aliphatic heterocycles. The van der Waals surface area contributed by atoms with Crippen molar-refractivity contribution in [1.29, 1.82) is 0 Å². The monoisotopic (exact) mass is 498 g/mol. The molecule has 0 saturated carbocycles. The van der Waals surface area contributed by atoms with Crippen molar-refractivity contribution in [2.75, 3.05) is 20.1 Å². The van der Waals surface area contributed by atoms with Gasteiger partial charge in [0.1, 0.15) is 0 Å². The number of nitrogens with zero attached hydrogens (tertiary/aromatic N) is 1. The molecule has 2 aromatic carbocycles. The van der Waals surface area contributed by atoms with Crippen molar-refractivity contribution in [2.45, 2.75) is 30.7 Å². The fourth-order valence-electron chi connectivity index (χ4n) is 3.82. The van der Waals surface area contributed by atoms with Gasteiger partial charge in [0.05, 0.1) is 21.2 Å². The average molecular weight is 499 g/mol. The second-order valence-corrected chi connectivity index (χ2v) is 8.37. The molecule has 1 saturated heterocycles. The number of alkyl halides is 6. The van der Waals surface area contributed by atoms with Crippen molar-refractivity contribution in [3.05, 3.63) is 68.7 Å². The molecule has 0 aliphatic carbocycles. The van der Waals surface area contributed by atoms with Crippen LogP contribution in [0, 0.1) is 0 Å². The van der Waals surface area contributed by atoms with E-state index in [2.05, 4.69) is 5.32 Å². The van der Waals surface area contributed by atoms with E-state index in [9.17, 15) is 31.1 Å². The summed E-state index contributed by atoms with van der Waals surface area (Å²) in [5.41, 5.74) is -3.00. The SMILES string of the molecule is CN(C(=O)c1cc(C(F)(F)F)cc(C(F)(F)F)c1)[C@@H]1CCNC[C@H]1c1ccc(Cl)c(Cl)c1. The zero-order chi connectivity index (χ0) is 23.8. The van der Waals surface area contributed by atoms with Crippen LogP contribution >= 0.6 is 23.2 Å². The zero-order valence-corrected chi connectivity index (χ0v) is 18.1. The van der Waals surface area contributed by atoms with E-state index in [1.807, 2.05) is 0 Å². The summed E-state index contributed by atoms with van der Waals surface area (Å²) in [6, 6.07) is 5.37. The maximum Gasteiger partial charge on any atom is 0.416 e. The Morgan fingerprint density at radius 1 is 0.969 bits per heavy atom. The van der Waals surface area contributed by atoms with Crippen LogP contribution in [-0.4, -0.2) is 37.0 Å². The second-order valence-electron chi connectivity index (χ2n) is 7.55. The van der Waals surface area contributed by atoms with Crippen LogP contribution in [0.3, 0.4) is 0 Å². The van der Waals surface area contributed by atoms with Gasteiger partial charge in [0.25, 0.3) is 5.91 Å². The summed E-state index contributed by atoms with van der Waals surface area (Å²) in [5, 5.41) is 3.82. The molecule has 3 nitrogen and oxygen atoms in total. The summed E-state index contributed by atoms with van der Waals surface area (Å²) in [6.07, 6.45) is -9.63. The van der Waals surface area contributed by atoms with Crippen LogP contribution in [0.2, 0.25) is 10.0 Å². The highest BCUT2D eigenvalue weighted by molar-refractivity contribution is 6.42. The minimum atomic E-state index is -5.04. The summed E-state index contributed by atoms with van der Waals surface area (Å²) in [6.45, 7) is 0.965. The Bertz CT molecular complexity index is 977. The van der Waals surface area contributed by atoms with Crippen molar-refractivity contribution >= 4 is 29.1 Å². The largest absolute Gasteiger partial charge is 0.416 e. The second kappa shape index (κ2) is 9.11. The van der Waals surface area contributed by atoms with E-state index in [1.54, 1.807) is 18.2 Å². The van der Waals surface area contributed by atoms with Gasteiger partial charge < -0.3 is 10.2 Å². The Morgan fingerprint density at radius 2 is 1.56 bits per heavy atom. The lowest BCUT2D eigenvalue weighted by molar-refractivity contribution is -0.143. The third kappa shape index (κ3) is 5.32. The smallest absolute Gasteiger partial charge is 0.338 e. The van der Waals surface area contributed by atoms with Gasteiger partial charge in [-0.05, 0) is 48.9 Å². The first-order valence-electron chi connectivity index (χ1n) is 9.51. The van der Waals surface area contributed by atoms with Gasteiger partial charge in [-0.2, -0.15) is 26.3 Å². The van der Waals surface area contributed by atoms with Crippen LogP contribution in [0.5, 0.6) is 0 Å². The standard InChI is InChI=1S/C21H18Cl2F6N2O/c1-31(18-4-5-30-10-15(18)11-2-3-16(22)17(23)8-11)19(32)12-6-13(20(24,25)26)9-14(7-12)21(27,28)29/h2-3,6-9,15,18,30H,4-5,10H2,1H3/t15-,18+/m0/s1. The fourth-order valence-corrected chi connectivity index (χ4v) is 4.13. The third-order valence-electron chi connectivity index (χ3n) is 5.47. The number of carbonyl (C=O) groups excluding carboxylic acids is 1. The van der Waals surface area contributed by atoms with E-state index < -0.39 is 41.0 Å². The van der Waals surface area contributed by atoms with E-state index in [-0.39, 0.29) is 12.0 Å². The number of carbonyl (C=O) groups is 1. The van der Waals surface area contributed by atoms with Crippen molar-refractivity contribution < 1.29 is 31.1 Å². The first kappa shape index (κ1) is 24.7. The molecule has 2 aromatic rings. The van der Waals surface area contributed by atoms with Gasteiger partial charge in [0.2, 0.25) is 0 Å². The Hall–Kier alpha value is -1.97. The zero-order valence-electron chi connectivity index (χ0n) is 16.6. The molecule has 0 spiro atoms. The highest BCUT2D eigenvalue weighted by Gasteiger charge is 2.39. The Labute approximate surface area is 190 Å². The maximum absolute atomic E-state index is 13.2. The lowest BCUT2D eigenvalue weighted by Gasteiger charge is -2.39. The summed E-state index contributed by atoms with van der Waals surface area (Å²) >= 11 is 12.0. The molecule has 1 amide bonds. The van der Waals surface area contributed by atoms with E-state index in [0.717, 1.165) is 5.56 Å². The van der Waals surface area contributed by atoms with Crippen LogP contribution < -0.4 is 5.32 Å². The van der Waals surface area contributed by atoms with Gasteiger partial charge in [-0.1, -0.05) is 29.3 Å². The molecule has 2 atom stereocenters. The minimum absolute atomic E-state index is 0.000176. The molecule has 11 heteroatoms. The molecule has 174 valence electrons. The Morgan fingerprint density at radius 3 is 2.09 bits per heavy atom. The quantitative estimate of drug-likeness (QED) is 0.507. The van der Waals surface area contributed by atoms with Crippen molar-refractivity contribution in [3.8, 4) is 0 Å². The van der Waals surface area contributed by atoms with Crippen molar-refractivity contribution in [3.63, 3.8) is 0 Å². The van der Waals surface area contributed by atoms with Gasteiger partial charge >= 0.3 is 12.4 Å². The van der Waals surface area contributed by atoms with Crippen molar-refractivity contribution in [1.82, 2.24) is 10.2 Å². The molecule has 3 rings (SSSR count). The summed E-state index contributed by atoms with van der Waals surface area (Å²) in [7, 11) is 1.37. The van der Waals surface area contributed by atoms with Crippen LogP contribution in [0.15, 0.2) is 36.4 Å². The lowest BCUT2D eigenvalue weighted by Crippen LogP contribution is -2.49. The Kier molecular flexibility index (Phi) is 7.02. The summed E-state index contributed by atoms with van der Waals surface area (Å²) < 4.78 is 79.1. The fraction of sp³-hybridized carbons (Fsp3) is 0.381. The van der Waals surface area contributed by atoms with E-state index in [0.29, 0.717) is 41.7 Å². The minimum Gasteiger partial charge on any atom is -0.338 e. The van der Waals surface area contributed by atoms with Gasteiger partial charge in [-0.15, -0.1) is 0 Å². The van der Waals surface area contributed by atoms with Crippen LogP contribution in [-0.2, 0) is 12.4 Å². The number of piperidine rings is 1. The van der Waals surface area contributed by atoms with Crippen LogP contribution in [0.1, 0.15) is 39.4 Å². The average Bonchev–Trinajstić information content (AvgIpc) is 2.73.